The molecule has 1 aliphatic rings. The van der Waals surface area contributed by atoms with Gasteiger partial charge in [-0.2, -0.15) is 0 Å². The summed E-state index contributed by atoms with van der Waals surface area (Å²) in [5.41, 5.74) is 2.66. The molecule has 0 fully saturated rings. The first-order chi connectivity index (χ1) is 7.33. The predicted octanol–water partition coefficient (Wildman–Crippen LogP) is 2.40. The van der Waals surface area contributed by atoms with Gasteiger partial charge in [0, 0.05) is 0 Å². The van der Waals surface area contributed by atoms with E-state index < -0.39 is 0 Å². The monoisotopic (exact) mass is 216 g/mol. The van der Waals surface area contributed by atoms with Crippen molar-refractivity contribution in [2.45, 2.75) is 17.7 Å². The molecular formula is C11H13BN2S. The molecule has 1 atom stereocenters. The second-order valence-electron chi connectivity index (χ2n) is 3.62. The molecule has 1 aromatic rings. The van der Waals surface area contributed by atoms with E-state index in [2.05, 4.69) is 35.7 Å². The average molecular weight is 216 g/mol. The van der Waals surface area contributed by atoms with Crippen LogP contribution < -0.4 is 5.32 Å². The molecule has 1 unspecified atom stereocenters. The molecule has 1 aromatic carbocycles. The summed E-state index contributed by atoms with van der Waals surface area (Å²) >= 11 is 0. The summed E-state index contributed by atoms with van der Waals surface area (Å²) in [6.45, 7) is 1.07. The summed E-state index contributed by atoms with van der Waals surface area (Å²) in [7, 11) is -0.0490. The molecule has 0 amide bonds. The van der Waals surface area contributed by atoms with Gasteiger partial charge in [-0.3, -0.25) is 0 Å². The average Bonchev–Trinajstić information content (AvgIpc) is 2.28. The molecule has 15 heavy (non-hydrogen) atoms. The molecule has 1 aliphatic heterocycles. The van der Waals surface area contributed by atoms with Gasteiger partial charge in [-0.1, -0.05) is 0 Å². The van der Waals surface area contributed by atoms with Gasteiger partial charge >= 0.3 is 93.0 Å². The number of nitriles is 1. The summed E-state index contributed by atoms with van der Waals surface area (Å²) in [5.74, 6) is 2.14. The van der Waals surface area contributed by atoms with Crippen LogP contribution in [0.2, 0.25) is 0 Å². The van der Waals surface area contributed by atoms with Crippen LogP contribution in [0.15, 0.2) is 23.1 Å². The maximum atomic E-state index is 8.69. The van der Waals surface area contributed by atoms with Gasteiger partial charge in [0.2, 0.25) is 0 Å². The third-order valence-electron chi connectivity index (χ3n) is 2.63. The van der Waals surface area contributed by atoms with Crippen LogP contribution in [0.25, 0.3) is 0 Å². The standard InChI is InChI=1S/C11H13BN2S/c1-15(12-8-13)11-6-2-5-10-9(11)4-3-7-14-10/h2,5-6,14H,3-4,7H2,1H3. The Balaban J connectivity index is 2.49. The summed E-state index contributed by atoms with van der Waals surface area (Å²) in [5, 5.41) is 12.1. The molecule has 0 saturated carbocycles. The molecule has 4 heteroatoms. The van der Waals surface area contributed by atoms with Crippen LogP contribution in [0.1, 0.15) is 12.0 Å². The number of anilines is 1. The Morgan fingerprint density at radius 3 is 3.20 bits per heavy atom. The fraction of sp³-hybridized carbons (Fsp3) is 0.364. The quantitative estimate of drug-likeness (QED) is 0.731. The summed E-state index contributed by atoms with van der Waals surface area (Å²) in [6, 6.07) is 6.34. The second kappa shape index (κ2) is 4.63. The fourth-order valence-corrected chi connectivity index (χ4v) is 3.10. The number of hydrogen-bond acceptors (Lipinski definition) is 2. The molecule has 0 saturated heterocycles. The van der Waals surface area contributed by atoms with Gasteiger partial charge in [0.1, 0.15) is 0 Å². The zero-order valence-corrected chi connectivity index (χ0v) is 9.60. The molecule has 0 radical (unpaired) electrons. The molecule has 0 bridgehead atoms. The van der Waals surface area contributed by atoms with Crippen molar-refractivity contribution >= 4 is 22.2 Å². The van der Waals surface area contributed by atoms with E-state index in [1.165, 1.54) is 22.6 Å². The topological polar surface area (TPSA) is 35.8 Å². The van der Waals surface area contributed by atoms with Gasteiger partial charge in [-0.25, -0.2) is 0 Å². The minimum atomic E-state index is -0.0490. The van der Waals surface area contributed by atoms with E-state index in [-0.39, 0.29) is 10.3 Å². The van der Waals surface area contributed by atoms with Crippen LogP contribution in [0, 0.1) is 11.2 Å². The van der Waals surface area contributed by atoms with Crippen molar-refractivity contribution in [2.75, 3.05) is 18.1 Å². The fourth-order valence-electron chi connectivity index (χ4n) is 1.92. The molecule has 0 aliphatic carbocycles. The first-order valence-electron chi connectivity index (χ1n) is 5.06. The zero-order chi connectivity index (χ0) is 10.7. The number of nitrogens with one attached hydrogen (secondary N) is 1. The van der Waals surface area contributed by atoms with E-state index in [1.807, 2.05) is 0 Å². The first kappa shape index (κ1) is 10.4. The first-order valence-corrected chi connectivity index (χ1v) is 6.76. The van der Waals surface area contributed by atoms with Gasteiger partial charge in [-0.15, -0.1) is 0 Å². The number of benzene rings is 1. The van der Waals surface area contributed by atoms with Crippen molar-refractivity contribution in [3.05, 3.63) is 23.8 Å². The van der Waals surface area contributed by atoms with Gasteiger partial charge in [0.05, 0.1) is 0 Å². The van der Waals surface area contributed by atoms with Crippen molar-refractivity contribution in [2.24, 2.45) is 0 Å². The van der Waals surface area contributed by atoms with Crippen LogP contribution >= 0.6 is 10.3 Å². The van der Waals surface area contributed by atoms with Crippen molar-refractivity contribution in [3.8, 4) is 5.97 Å². The van der Waals surface area contributed by atoms with E-state index in [9.17, 15) is 0 Å². The number of nitrogens with zero attached hydrogens (tertiary/aromatic N) is 1. The summed E-state index contributed by atoms with van der Waals surface area (Å²) < 4.78 is 0. The third-order valence-corrected chi connectivity index (χ3v) is 4.16. The van der Waals surface area contributed by atoms with Crippen molar-refractivity contribution < 1.29 is 0 Å². The summed E-state index contributed by atoms with van der Waals surface area (Å²) in [6.07, 6.45) is 6.15. The van der Waals surface area contributed by atoms with Crippen molar-refractivity contribution in [1.82, 2.24) is 0 Å². The predicted molar refractivity (Wildman–Crippen MR) is 66.4 cm³/mol. The van der Waals surface area contributed by atoms with Crippen LogP contribution in [-0.4, -0.2) is 19.0 Å². The van der Waals surface area contributed by atoms with Crippen LogP contribution in [0.5, 0.6) is 0 Å². The van der Waals surface area contributed by atoms with E-state index in [1.54, 1.807) is 6.15 Å². The molecule has 76 valence electrons. The van der Waals surface area contributed by atoms with E-state index in [0.29, 0.717) is 0 Å². The Kier molecular flexibility index (Phi) is 3.22. The minimum absolute atomic E-state index is 0.0490. The van der Waals surface area contributed by atoms with Crippen molar-refractivity contribution in [3.63, 3.8) is 0 Å². The number of rotatable bonds is 1. The Bertz CT molecular complexity index is 448. The van der Waals surface area contributed by atoms with Gasteiger partial charge in [0.15, 0.2) is 0 Å². The molecule has 2 nitrogen and oxygen atoms in total. The molecule has 0 aromatic heterocycles. The molecule has 0 spiro atoms. The Morgan fingerprint density at radius 1 is 1.53 bits per heavy atom. The van der Waals surface area contributed by atoms with Crippen LogP contribution in [0.3, 0.4) is 0 Å². The number of hydrogen-bond donors (Lipinski definition) is 1. The van der Waals surface area contributed by atoms with Crippen molar-refractivity contribution in [1.29, 1.82) is 5.26 Å². The zero-order valence-electron chi connectivity index (χ0n) is 8.79. The number of fused-ring (bicyclic) bond motifs is 1. The Hall–Kier alpha value is -1.08. The molecule has 1 heterocycles. The van der Waals surface area contributed by atoms with Gasteiger partial charge < -0.3 is 0 Å². The van der Waals surface area contributed by atoms with Crippen LogP contribution in [0.4, 0.5) is 5.69 Å². The van der Waals surface area contributed by atoms with E-state index in [0.717, 1.165) is 13.0 Å². The molecular weight excluding hydrogens is 203 g/mol. The SMILES string of the molecule is CS(=BC#N)c1cccc2c1CCCN2. The normalized spacial score (nSPS) is 15.7. The Morgan fingerprint density at radius 2 is 2.40 bits per heavy atom. The maximum absolute atomic E-state index is 8.69. The second-order valence-corrected chi connectivity index (χ2v) is 5.41. The van der Waals surface area contributed by atoms with E-state index >= 15 is 0 Å². The van der Waals surface area contributed by atoms with E-state index in [4.69, 9.17) is 5.26 Å². The van der Waals surface area contributed by atoms with Gasteiger partial charge in [0.25, 0.3) is 0 Å². The van der Waals surface area contributed by atoms with Gasteiger partial charge in [-0.05, 0) is 0 Å². The third kappa shape index (κ3) is 2.13. The van der Waals surface area contributed by atoms with Crippen LogP contribution in [-0.2, 0) is 6.42 Å². The molecule has 1 N–H and O–H groups in total. The summed E-state index contributed by atoms with van der Waals surface area (Å²) in [4.78, 5) is 1.32. The Labute approximate surface area is 93.3 Å². The molecule has 2 rings (SSSR count).